The minimum absolute atomic E-state index is 1.10. The van der Waals surface area contributed by atoms with Gasteiger partial charge in [-0.05, 0) is 36.4 Å². The minimum atomic E-state index is 1.10. The van der Waals surface area contributed by atoms with Crippen LogP contribution in [-0.2, 0) is 0 Å². The molecule has 0 radical (unpaired) electrons. The zero-order chi connectivity index (χ0) is 15.4. The largest absolute Gasteiger partial charge is 0.353 e. The Labute approximate surface area is 141 Å². The van der Waals surface area contributed by atoms with E-state index in [1.54, 1.807) is 0 Å². The van der Waals surface area contributed by atoms with Gasteiger partial charge in [-0.3, -0.25) is 0 Å². The van der Waals surface area contributed by atoms with Crippen LogP contribution >= 0.6 is 15.9 Å². The number of aromatic nitrogens is 2. The van der Waals surface area contributed by atoms with Gasteiger partial charge in [0.15, 0.2) is 0 Å². The van der Waals surface area contributed by atoms with Gasteiger partial charge in [0.05, 0.1) is 11.0 Å². The molecule has 0 fully saturated rings. The van der Waals surface area contributed by atoms with Crippen LogP contribution in [0.15, 0.2) is 77.4 Å². The number of nitrogens with one attached hydrogen (secondary N) is 1. The lowest BCUT2D eigenvalue weighted by Crippen LogP contribution is -1.91. The molecule has 3 aromatic carbocycles. The van der Waals surface area contributed by atoms with E-state index in [0.717, 1.165) is 9.99 Å². The van der Waals surface area contributed by atoms with Crippen molar-refractivity contribution in [2.45, 2.75) is 0 Å². The summed E-state index contributed by atoms with van der Waals surface area (Å²) in [7, 11) is 0. The van der Waals surface area contributed by atoms with E-state index in [9.17, 15) is 0 Å². The minimum Gasteiger partial charge on any atom is -0.353 e. The Morgan fingerprint density at radius 3 is 2.57 bits per heavy atom. The summed E-state index contributed by atoms with van der Waals surface area (Å²) in [6, 6.07) is 23.4. The molecule has 2 nitrogen and oxygen atoms in total. The summed E-state index contributed by atoms with van der Waals surface area (Å²) in [5.74, 6) is 0. The van der Waals surface area contributed by atoms with E-state index in [-0.39, 0.29) is 0 Å². The lowest BCUT2D eigenvalue weighted by atomic mass is 10.1. The molecule has 1 N–H and O–H groups in total. The van der Waals surface area contributed by atoms with Crippen molar-refractivity contribution in [3.63, 3.8) is 0 Å². The zero-order valence-electron chi connectivity index (χ0n) is 12.3. The van der Waals surface area contributed by atoms with Crippen molar-refractivity contribution in [1.82, 2.24) is 9.55 Å². The molecule has 0 saturated carbocycles. The smallest absolute Gasteiger partial charge is 0.0771 e. The highest BCUT2D eigenvalue weighted by molar-refractivity contribution is 9.10. The number of hydrogen-bond donors (Lipinski definition) is 1. The number of H-pyrrole nitrogens is 1. The van der Waals surface area contributed by atoms with Crippen LogP contribution in [0.25, 0.3) is 38.4 Å². The van der Waals surface area contributed by atoms with Crippen LogP contribution in [0.3, 0.4) is 0 Å². The first-order valence-electron chi connectivity index (χ1n) is 7.58. The first kappa shape index (κ1) is 13.0. The molecule has 0 saturated heterocycles. The van der Waals surface area contributed by atoms with Crippen molar-refractivity contribution in [2.75, 3.05) is 0 Å². The second-order valence-electron chi connectivity index (χ2n) is 5.76. The number of benzene rings is 3. The van der Waals surface area contributed by atoms with Gasteiger partial charge in [0, 0.05) is 38.0 Å². The number of fused-ring (bicyclic) bond motifs is 5. The summed E-state index contributed by atoms with van der Waals surface area (Å²) < 4.78 is 3.35. The second kappa shape index (κ2) is 4.74. The molecule has 2 heterocycles. The normalized spacial score (nSPS) is 11.7. The van der Waals surface area contributed by atoms with Crippen LogP contribution < -0.4 is 0 Å². The Hall–Kier alpha value is -2.52. The molecule has 0 bridgehead atoms. The van der Waals surface area contributed by atoms with Crippen LogP contribution in [-0.4, -0.2) is 9.55 Å². The standard InChI is InChI=1S/C20H13BrN2/c21-14-7-9-18-17(12-14)16-8-6-13-10-11-23(20(13)19(16)22-18)15-4-2-1-3-5-15/h1-12,22H. The van der Waals surface area contributed by atoms with E-state index < -0.39 is 0 Å². The van der Waals surface area contributed by atoms with Gasteiger partial charge in [0.2, 0.25) is 0 Å². The molecular formula is C20H13BrN2. The van der Waals surface area contributed by atoms with E-state index in [2.05, 4.69) is 92.3 Å². The van der Waals surface area contributed by atoms with Crippen LogP contribution in [0.4, 0.5) is 0 Å². The molecule has 3 heteroatoms. The molecule has 0 aliphatic rings. The molecule has 0 aliphatic carbocycles. The highest BCUT2D eigenvalue weighted by Gasteiger charge is 2.12. The molecule has 110 valence electrons. The van der Waals surface area contributed by atoms with Crippen LogP contribution in [0.1, 0.15) is 0 Å². The highest BCUT2D eigenvalue weighted by atomic mass is 79.9. The Morgan fingerprint density at radius 2 is 1.70 bits per heavy atom. The van der Waals surface area contributed by atoms with Gasteiger partial charge in [-0.1, -0.05) is 46.3 Å². The van der Waals surface area contributed by atoms with Gasteiger partial charge in [-0.25, -0.2) is 0 Å². The second-order valence-corrected chi connectivity index (χ2v) is 6.68. The fourth-order valence-electron chi connectivity index (χ4n) is 3.37. The Kier molecular flexibility index (Phi) is 2.67. The van der Waals surface area contributed by atoms with Crippen LogP contribution in [0.5, 0.6) is 0 Å². The molecule has 2 aromatic heterocycles. The third-order valence-corrected chi connectivity index (χ3v) is 4.91. The van der Waals surface area contributed by atoms with E-state index in [0.29, 0.717) is 0 Å². The summed E-state index contributed by atoms with van der Waals surface area (Å²) in [4.78, 5) is 3.60. The monoisotopic (exact) mass is 360 g/mol. The number of para-hydroxylation sites is 1. The Morgan fingerprint density at radius 1 is 0.826 bits per heavy atom. The molecule has 23 heavy (non-hydrogen) atoms. The molecule has 5 aromatic rings. The number of rotatable bonds is 1. The van der Waals surface area contributed by atoms with Crippen molar-refractivity contribution in [1.29, 1.82) is 0 Å². The van der Waals surface area contributed by atoms with E-state index in [4.69, 9.17) is 0 Å². The molecule has 0 atom stereocenters. The average Bonchev–Trinajstić information content (AvgIpc) is 3.16. The molecule has 0 amide bonds. The molecular weight excluding hydrogens is 348 g/mol. The molecule has 0 aliphatic heterocycles. The van der Waals surface area contributed by atoms with E-state index in [1.165, 1.54) is 32.9 Å². The maximum Gasteiger partial charge on any atom is 0.0771 e. The van der Waals surface area contributed by atoms with Crippen LogP contribution in [0, 0.1) is 0 Å². The van der Waals surface area contributed by atoms with Gasteiger partial charge in [-0.2, -0.15) is 0 Å². The van der Waals surface area contributed by atoms with E-state index >= 15 is 0 Å². The summed E-state index contributed by atoms with van der Waals surface area (Å²) in [5.41, 5.74) is 4.75. The number of aromatic amines is 1. The topological polar surface area (TPSA) is 20.7 Å². The summed E-state index contributed by atoms with van der Waals surface area (Å²) in [6.45, 7) is 0. The highest BCUT2D eigenvalue weighted by Crippen LogP contribution is 2.34. The number of nitrogens with zero attached hydrogens (tertiary/aromatic N) is 1. The third kappa shape index (κ3) is 1.87. The summed E-state index contributed by atoms with van der Waals surface area (Å²) in [5, 5.41) is 3.74. The predicted octanol–water partition coefficient (Wildman–Crippen LogP) is 6.03. The molecule has 0 spiro atoms. The van der Waals surface area contributed by atoms with Crippen molar-refractivity contribution >= 4 is 48.6 Å². The van der Waals surface area contributed by atoms with Gasteiger partial charge in [0.1, 0.15) is 0 Å². The average molecular weight is 361 g/mol. The van der Waals surface area contributed by atoms with Crippen molar-refractivity contribution in [3.8, 4) is 5.69 Å². The fourth-order valence-corrected chi connectivity index (χ4v) is 3.73. The van der Waals surface area contributed by atoms with Gasteiger partial charge < -0.3 is 9.55 Å². The summed E-state index contributed by atoms with van der Waals surface area (Å²) >= 11 is 3.58. The lowest BCUT2D eigenvalue weighted by Gasteiger charge is -2.06. The Balaban J connectivity index is 1.95. The number of hydrogen-bond acceptors (Lipinski definition) is 0. The summed E-state index contributed by atoms with van der Waals surface area (Å²) in [6.07, 6.45) is 2.14. The quantitative estimate of drug-likeness (QED) is 0.376. The first-order valence-corrected chi connectivity index (χ1v) is 8.37. The Bertz CT molecular complexity index is 1170. The van der Waals surface area contributed by atoms with Gasteiger partial charge in [-0.15, -0.1) is 0 Å². The maximum absolute atomic E-state index is 3.60. The fraction of sp³-hybridized carbons (Fsp3) is 0. The van der Waals surface area contributed by atoms with Crippen molar-refractivity contribution in [2.24, 2.45) is 0 Å². The maximum atomic E-state index is 3.60. The predicted molar refractivity (Wildman–Crippen MR) is 100 cm³/mol. The number of halogens is 1. The van der Waals surface area contributed by atoms with E-state index in [1.807, 2.05) is 6.07 Å². The molecule has 0 unspecified atom stereocenters. The zero-order valence-corrected chi connectivity index (χ0v) is 13.8. The molecule has 5 rings (SSSR count). The third-order valence-electron chi connectivity index (χ3n) is 4.42. The first-order chi connectivity index (χ1) is 11.3. The van der Waals surface area contributed by atoms with Crippen LogP contribution in [0.2, 0.25) is 0 Å². The van der Waals surface area contributed by atoms with Gasteiger partial charge >= 0.3 is 0 Å². The van der Waals surface area contributed by atoms with Crippen molar-refractivity contribution < 1.29 is 0 Å². The van der Waals surface area contributed by atoms with Gasteiger partial charge in [0.25, 0.3) is 0 Å². The van der Waals surface area contributed by atoms with Crippen molar-refractivity contribution in [3.05, 3.63) is 77.4 Å². The lowest BCUT2D eigenvalue weighted by molar-refractivity contribution is 1.13. The SMILES string of the molecule is Brc1ccc2[nH]c3c(ccc4ccn(-c5ccccc5)c43)c2c1.